The fraction of sp³-hybridized carbons (Fsp3) is 0.174. The van der Waals surface area contributed by atoms with E-state index in [4.69, 9.17) is 0 Å². The number of hydrogen-bond donors (Lipinski definition) is 0. The molecule has 30 heavy (non-hydrogen) atoms. The summed E-state index contributed by atoms with van der Waals surface area (Å²) in [6, 6.07) is 20.9. The lowest BCUT2D eigenvalue weighted by Gasteiger charge is -2.24. The van der Waals surface area contributed by atoms with E-state index in [1.54, 1.807) is 17.0 Å². The van der Waals surface area contributed by atoms with E-state index in [1.165, 1.54) is 23.3 Å². The molecule has 3 aromatic carbocycles. The molecule has 1 atom stereocenters. The number of para-hydroxylation sites is 1. The Labute approximate surface area is 177 Å². The molecule has 1 amide bonds. The molecule has 0 spiro atoms. The Balaban J connectivity index is 1.64. The molecule has 7 heteroatoms. The topological polar surface area (TPSA) is 68.4 Å². The number of carbonyl (C=O) groups excluding carboxylic acids is 1. The van der Waals surface area contributed by atoms with Crippen molar-refractivity contribution in [3.63, 3.8) is 0 Å². The van der Waals surface area contributed by atoms with Crippen LogP contribution in [0.25, 0.3) is 21.8 Å². The highest BCUT2D eigenvalue weighted by molar-refractivity contribution is 8.00. The van der Waals surface area contributed by atoms with Gasteiger partial charge >= 0.3 is 0 Å². The summed E-state index contributed by atoms with van der Waals surface area (Å²) in [6.07, 6.45) is 0. The number of non-ortho nitro benzene ring substituents is 1. The number of thioether (sulfide) groups is 1. The molecule has 4 aromatic rings. The highest BCUT2D eigenvalue weighted by atomic mass is 32.2. The van der Waals surface area contributed by atoms with Gasteiger partial charge in [0.15, 0.2) is 0 Å². The number of fused-ring (bicyclic) bond motifs is 3. The van der Waals surface area contributed by atoms with Crippen LogP contribution >= 0.6 is 11.8 Å². The number of nitrogens with zero attached hydrogens (tertiary/aromatic N) is 3. The van der Waals surface area contributed by atoms with Gasteiger partial charge < -0.3 is 4.57 Å². The lowest BCUT2D eigenvalue weighted by molar-refractivity contribution is -0.384. The Kier molecular flexibility index (Phi) is 4.47. The number of anilines is 1. The Morgan fingerprint density at radius 2 is 1.83 bits per heavy atom. The van der Waals surface area contributed by atoms with Gasteiger partial charge in [-0.3, -0.25) is 19.8 Å². The second kappa shape index (κ2) is 7.18. The van der Waals surface area contributed by atoms with E-state index in [-0.39, 0.29) is 17.0 Å². The summed E-state index contributed by atoms with van der Waals surface area (Å²) in [6.45, 7) is 2.98. The van der Waals surface area contributed by atoms with E-state index in [0.717, 1.165) is 34.1 Å². The highest BCUT2D eigenvalue weighted by Crippen LogP contribution is 2.43. The maximum Gasteiger partial charge on any atom is 0.269 e. The van der Waals surface area contributed by atoms with Gasteiger partial charge in [-0.1, -0.05) is 30.3 Å². The van der Waals surface area contributed by atoms with E-state index < -0.39 is 4.92 Å². The van der Waals surface area contributed by atoms with Crippen molar-refractivity contribution in [2.45, 2.75) is 18.8 Å². The summed E-state index contributed by atoms with van der Waals surface area (Å²) >= 11 is 1.49. The molecule has 0 bridgehead atoms. The summed E-state index contributed by atoms with van der Waals surface area (Å²) in [5.41, 5.74) is 3.91. The third-order valence-corrected chi connectivity index (χ3v) is 6.80. The quantitative estimate of drug-likeness (QED) is 0.325. The van der Waals surface area contributed by atoms with Gasteiger partial charge in [-0.05, 0) is 36.8 Å². The minimum Gasteiger partial charge on any atom is -0.341 e. The van der Waals surface area contributed by atoms with E-state index in [1.807, 2.05) is 24.3 Å². The average Bonchev–Trinajstić information content (AvgIpc) is 3.31. The Morgan fingerprint density at radius 3 is 2.63 bits per heavy atom. The van der Waals surface area contributed by atoms with Crippen LogP contribution < -0.4 is 4.90 Å². The van der Waals surface area contributed by atoms with Crippen molar-refractivity contribution in [2.75, 3.05) is 10.7 Å². The number of nitro benzene ring substituents is 1. The molecule has 0 N–H and O–H groups in total. The van der Waals surface area contributed by atoms with Crippen LogP contribution in [0, 0.1) is 10.1 Å². The van der Waals surface area contributed by atoms with Crippen molar-refractivity contribution in [1.82, 2.24) is 4.57 Å². The molecule has 1 unspecified atom stereocenters. The molecule has 0 saturated carbocycles. The summed E-state index contributed by atoms with van der Waals surface area (Å²) in [5.74, 6) is 0.359. The number of benzene rings is 3. The van der Waals surface area contributed by atoms with E-state index >= 15 is 0 Å². The van der Waals surface area contributed by atoms with E-state index in [0.29, 0.717) is 5.75 Å². The van der Waals surface area contributed by atoms with Crippen LogP contribution in [-0.2, 0) is 11.3 Å². The zero-order chi connectivity index (χ0) is 20.8. The third kappa shape index (κ3) is 2.85. The van der Waals surface area contributed by atoms with Crippen LogP contribution in [0.15, 0.2) is 66.7 Å². The molecule has 2 heterocycles. The molecule has 1 saturated heterocycles. The summed E-state index contributed by atoms with van der Waals surface area (Å²) < 4.78 is 2.27. The normalized spacial score (nSPS) is 16.6. The standard InChI is InChI=1S/C23H19N3O3S/c1-2-24-20-9-4-3-8-18(20)19-13-16(10-11-21(19)24)25-22(27)14-30-23(25)15-6-5-7-17(12-15)26(28)29/h3-13,23H,2,14H2,1H3. The fourth-order valence-electron chi connectivity index (χ4n) is 4.27. The number of aryl methyl sites for hydroxylation is 1. The predicted molar refractivity (Wildman–Crippen MR) is 121 cm³/mol. The molecule has 0 radical (unpaired) electrons. The number of hydrogen-bond acceptors (Lipinski definition) is 4. The third-order valence-electron chi connectivity index (χ3n) is 5.58. The van der Waals surface area contributed by atoms with Crippen molar-refractivity contribution < 1.29 is 9.72 Å². The largest absolute Gasteiger partial charge is 0.341 e. The average molecular weight is 417 g/mol. The molecule has 0 aliphatic carbocycles. The van der Waals surface area contributed by atoms with Gasteiger partial charge in [0.1, 0.15) is 5.37 Å². The number of rotatable bonds is 4. The van der Waals surface area contributed by atoms with Gasteiger partial charge in [0, 0.05) is 46.2 Å². The van der Waals surface area contributed by atoms with Crippen molar-refractivity contribution in [2.24, 2.45) is 0 Å². The van der Waals surface area contributed by atoms with Crippen molar-refractivity contribution >= 4 is 50.8 Å². The van der Waals surface area contributed by atoms with Crippen LogP contribution in [0.1, 0.15) is 17.9 Å². The van der Waals surface area contributed by atoms with Crippen molar-refractivity contribution in [3.05, 3.63) is 82.4 Å². The molecule has 1 aromatic heterocycles. The molecule has 1 aliphatic rings. The number of aromatic nitrogens is 1. The first-order valence-electron chi connectivity index (χ1n) is 9.77. The zero-order valence-electron chi connectivity index (χ0n) is 16.3. The van der Waals surface area contributed by atoms with Crippen molar-refractivity contribution in [1.29, 1.82) is 0 Å². The second-order valence-corrected chi connectivity index (χ2v) is 8.31. The Morgan fingerprint density at radius 1 is 1.03 bits per heavy atom. The summed E-state index contributed by atoms with van der Waals surface area (Å²) in [7, 11) is 0. The first-order valence-corrected chi connectivity index (χ1v) is 10.8. The first-order chi connectivity index (χ1) is 14.6. The monoisotopic (exact) mass is 417 g/mol. The first kappa shape index (κ1) is 18.7. The van der Waals surface area contributed by atoms with Gasteiger partial charge in [-0.25, -0.2) is 0 Å². The Bertz CT molecular complexity index is 1310. The minimum atomic E-state index is -0.402. The molecule has 5 rings (SSSR count). The summed E-state index contributed by atoms with van der Waals surface area (Å²) in [5, 5.41) is 13.2. The summed E-state index contributed by atoms with van der Waals surface area (Å²) in [4.78, 5) is 25.4. The lowest BCUT2D eigenvalue weighted by atomic mass is 10.1. The van der Waals surface area contributed by atoms with Gasteiger partial charge in [0.2, 0.25) is 5.91 Å². The molecule has 1 fully saturated rings. The van der Waals surface area contributed by atoms with Gasteiger partial charge in [-0.15, -0.1) is 11.8 Å². The van der Waals surface area contributed by atoms with E-state index in [9.17, 15) is 14.9 Å². The van der Waals surface area contributed by atoms with Crippen molar-refractivity contribution in [3.8, 4) is 0 Å². The molecule has 1 aliphatic heterocycles. The zero-order valence-corrected chi connectivity index (χ0v) is 17.1. The SMILES string of the molecule is CCn1c2ccccc2c2cc(N3C(=O)CSC3c3cccc([N+](=O)[O-])c3)ccc21. The predicted octanol–water partition coefficient (Wildman–Crippen LogP) is 5.50. The van der Waals surface area contributed by atoms with Crippen LogP contribution in [-0.4, -0.2) is 21.2 Å². The smallest absolute Gasteiger partial charge is 0.269 e. The molecular weight excluding hydrogens is 398 g/mol. The molecular formula is C23H19N3O3S. The lowest BCUT2D eigenvalue weighted by Crippen LogP contribution is -2.27. The highest BCUT2D eigenvalue weighted by Gasteiger charge is 2.35. The van der Waals surface area contributed by atoms with Crippen LogP contribution in [0.5, 0.6) is 0 Å². The van der Waals surface area contributed by atoms with Crippen LogP contribution in [0.3, 0.4) is 0 Å². The maximum absolute atomic E-state index is 12.8. The van der Waals surface area contributed by atoms with E-state index in [2.05, 4.69) is 35.8 Å². The second-order valence-electron chi connectivity index (χ2n) is 7.24. The van der Waals surface area contributed by atoms with Crippen LogP contribution in [0.2, 0.25) is 0 Å². The number of nitro groups is 1. The maximum atomic E-state index is 12.8. The van der Waals surface area contributed by atoms with Gasteiger partial charge in [0.25, 0.3) is 5.69 Å². The minimum absolute atomic E-state index is 0.00934. The van der Waals surface area contributed by atoms with Gasteiger partial charge in [0.05, 0.1) is 10.7 Å². The van der Waals surface area contributed by atoms with Gasteiger partial charge in [-0.2, -0.15) is 0 Å². The van der Waals surface area contributed by atoms with Crippen LogP contribution in [0.4, 0.5) is 11.4 Å². The molecule has 150 valence electrons. The Hall–Kier alpha value is -3.32. The number of carbonyl (C=O) groups is 1. The molecule has 6 nitrogen and oxygen atoms in total. The number of amides is 1. The fourth-order valence-corrected chi connectivity index (χ4v) is 5.44.